The van der Waals surface area contributed by atoms with E-state index in [-0.39, 0.29) is 43.3 Å². The summed E-state index contributed by atoms with van der Waals surface area (Å²) in [5.74, 6) is -1.61. The summed E-state index contributed by atoms with van der Waals surface area (Å²) in [7, 11) is 3.59. The number of aliphatic imine (C=N–C) groups is 1. The van der Waals surface area contributed by atoms with Crippen molar-refractivity contribution >= 4 is 55.1 Å². The van der Waals surface area contributed by atoms with Crippen LogP contribution in [0.25, 0.3) is 16.7 Å². The molecule has 7 rings (SSSR count). The minimum Gasteiger partial charge on any atom is -0.545 e. The molecule has 273 valence electrons. The fourth-order valence-electron chi connectivity index (χ4n) is 5.67. The van der Waals surface area contributed by atoms with Crippen LogP contribution in [-0.2, 0) is 41.2 Å². The fourth-order valence-corrected chi connectivity index (χ4v) is 5.67. The van der Waals surface area contributed by atoms with Gasteiger partial charge in [-0.3, -0.25) is 50.0 Å². The van der Waals surface area contributed by atoms with Crippen LogP contribution >= 0.6 is 0 Å². The summed E-state index contributed by atoms with van der Waals surface area (Å²) in [5.41, 5.74) is 13.7. The zero-order chi connectivity index (χ0) is 38.9. The molecule has 3 heterocycles. The number of rotatable bonds is 6. The van der Waals surface area contributed by atoms with E-state index in [9.17, 15) is 19.7 Å². The van der Waals surface area contributed by atoms with Gasteiger partial charge in [0, 0.05) is 57.1 Å². The molecule has 0 spiro atoms. The smallest absolute Gasteiger partial charge is 0.292 e. The van der Waals surface area contributed by atoms with Gasteiger partial charge in [-0.1, -0.05) is 78.9 Å². The predicted molar refractivity (Wildman–Crippen MR) is 201 cm³/mol. The number of benzene rings is 3. The van der Waals surface area contributed by atoms with E-state index in [1.54, 1.807) is 12.3 Å². The molecule has 1 aliphatic carbocycles. The second kappa shape index (κ2) is 21.5. The SMILES string of the molecule is C1=NC2C(=CCc3c(-c4ccccc4)ccnc32)C(c2ccccc2)=C1.[CH-]=O.[CH-]=O.[CH-]=O.[CH2-][n+]1cccc(C(=O)C(=O)c2ccc(N)c([N+](=O)[O-])c2)c1.[Re]. The molecule has 2 aliphatic rings. The van der Waals surface area contributed by atoms with Gasteiger partial charge in [0.05, 0.1) is 23.0 Å². The van der Waals surface area contributed by atoms with Gasteiger partial charge in [-0.05, 0) is 64.1 Å². The van der Waals surface area contributed by atoms with E-state index in [2.05, 4.69) is 106 Å². The van der Waals surface area contributed by atoms with Crippen LogP contribution in [0.1, 0.15) is 43.6 Å². The number of nitro benzene ring substituents is 1. The molecule has 2 N–H and O–H groups in total. The number of hydrogen-bond acceptors (Lipinski definition) is 10. The predicted octanol–water partition coefficient (Wildman–Crippen LogP) is 5.79. The number of nitrogens with two attached hydrogens (primary N) is 1. The van der Waals surface area contributed by atoms with Gasteiger partial charge >= 0.3 is 0 Å². The van der Waals surface area contributed by atoms with Crippen molar-refractivity contribution in [2.24, 2.45) is 4.99 Å². The van der Waals surface area contributed by atoms with Crippen molar-refractivity contribution in [2.45, 2.75) is 12.5 Å². The minimum absolute atomic E-state index is 0. The second-order valence-corrected chi connectivity index (χ2v) is 10.9. The van der Waals surface area contributed by atoms with Gasteiger partial charge in [-0.25, -0.2) is 0 Å². The van der Waals surface area contributed by atoms with E-state index in [4.69, 9.17) is 30.1 Å². The number of ketones is 2. The molecule has 5 aromatic rings. The van der Waals surface area contributed by atoms with E-state index in [1.165, 1.54) is 62.4 Å². The Kier molecular flexibility index (Phi) is 17.3. The minimum atomic E-state index is -0.843. The molecule has 12 nitrogen and oxygen atoms in total. The van der Waals surface area contributed by atoms with Crippen molar-refractivity contribution in [3.8, 4) is 11.1 Å². The summed E-state index contributed by atoms with van der Waals surface area (Å²) in [6.07, 6.45) is 12.2. The van der Waals surface area contributed by atoms with Crippen molar-refractivity contribution < 1.29 is 53.9 Å². The average Bonchev–Trinajstić information content (AvgIpc) is 3.23. The zero-order valence-electron chi connectivity index (χ0n) is 28.5. The quantitative estimate of drug-likeness (QED) is 0.0323. The van der Waals surface area contributed by atoms with Crippen LogP contribution in [0, 0.1) is 17.2 Å². The van der Waals surface area contributed by atoms with Crippen LogP contribution in [0.4, 0.5) is 11.4 Å². The normalized spacial score (nSPS) is 12.7. The first-order valence-electron chi connectivity index (χ1n) is 15.5. The molecule has 0 bridgehead atoms. The summed E-state index contributed by atoms with van der Waals surface area (Å²) in [6, 6.07) is 29.7. The fraction of sp³-hybridized carbons (Fsp3) is 0.0488. The average molecular weight is 893 g/mol. The van der Waals surface area contributed by atoms with Gasteiger partial charge in [-0.15, -0.1) is 0 Å². The van der Waals surface area contributed by atoms with Crippen molar-refractivity contribution in [1.82, 2.24) is 4.98 Å². The molecule has 0 fully saturated rings. The van der Waals surface area contributed by atoms with Crippen molar-refractivity contribution in [1.29, 1.82) is 0 Å². The van der Waals surface area contributed by atoms with Crippen molar-refractivity contribution in [2.75, 3.05) is 5.73 Å². The topological polar surface area (TPSA) is 184 Å². The number of nitrogen functional groups attached to an aromatic ring is 1. The van der Waals surface area contributed by atoms with Gasteiger partial charge < -0.3 is 24.7 Å². The maximum absolute atomic E-state index is 12.1. The molecule has 0 amide bonds. The number of dihydropyridines is 1. The molecular weight excluding hydrogens is 861 g/mol. The van der Waals surface area contributed by atoms with Gasteiger partial charge in [0.15, 0.2) is 0 Å². The number of carbonyl (C=O) groups is 2. The molecule has 54 heavy (non-hydrogen) atoms. The first kappa shape index (κ1) is 43.4. The van der Waals surface area contributed by atoms with Crippen LogP contribution in [0.2, 0.25) is 0 Å². The monoisotopic (exact) mass is 893 g/mol. The third kappa shape index (κ3) is 10.2. The number of allylic oxidation sites excluding steroid dienone is 2. The number of carbonyl (C=O) groups excluding carboxylic acids is 5. The van der Waals surface area contributed by atoms with Crippen LogP contribution in [0.15, 0.2) is 138 Å². The molecule has 1 atom stereocenters. The molecule has 1 unspecified atom stereocenters. The van der Waals surface area contributed by atoms with Gasteiger partial charge in [0.25, 0.3) is 5.69 Å². The zero-order valence-corrected chi connectivity index (χ0v) is 31.2. The van der Waals surface area contributed by atoms with Crippen LogP contribution in [0.3, 0.4) is 0 Å². The van der Waals surface area contributed by atoms with Gasteiger partial charge in [0.1, 0.15) is 11.7 Å². The Morgan fingerprint density at radius 3 is 2.06 bits per heavy atom. The number of Topliss-reactive ketones (excluding diaryl/α,β-unsaturated/α-hetero) is 2. The number of nitro groups is 1. The van der Waals surface area contributed by atoms with Crippen LogP contribution < -0.4 is 10.3 Å². The molecule has 2 aromatic heterocycles. The standard InChI is InChI=1S/C24H18N2.C14H11N3O4.3CHO.Re/c1-3-7-17(8-4-1)19-13-15-25-23-21(19)11-12-22-20(14-16-26-24(22)23)18-9-5-2-6-10-18;1-16-6-2-3-10(8-16)14(19)13(18)9-4-5-11(15)12(7-9)17(20)21;3*1-2;/h1-11,13-16,23H,12H2;2-8H,1,15H2;3*1H;/q;;3*-1;. The summed E-state index contributed by atoms with van der Waals surface area (Å²) in [4.78, 5) is 67.0. The molecule has 1 radical (unpaired) electrons. The first-order valence-corrected chi connectivity index (χ1v) is 15.5. The number of anilines is 1. The van der Waals surface area contributed by atoms with Gasteiger partial charge in [0.2, 0.25) is 11.6 Å². The molecular formula is C41H32N5O7Re-3. The number of aromatic nitrogens is 2. The largest absolute Gasteiger partial charge is 0.545 e. The third-order valence-electron chi connectivity index (χ3n) is 7.94. The van der Waals surface area contributed by atoms with Crippen molar-refractivity contribution in [3.05, 3.63) is 178 Å². The number of nitrogens with zero attached hydrogens (tertiary/aromatic N) is 4. The summed E-state index contributed by atoms with van der Waals surface area (Å²) >= 11 is 0. The third-order valence-corrected chi connectivity index (χ3v) is 7.94. The molecule has 13 heteroatoms. The Balaban J connectivity index is 0.000000329. The van der Waals surface area contributed by atoms with E-state index in [1.807, 2.05) is 12.4 Å². The Hall–Kier alpha value is -6.81. The Morgan fingerprint density at radius 1 is 0.833 bits per heavy atom. The van der Waals surface area contributed by atoms with E-state index in [0.717, 1.165) is 18.2 Å². The van der Waals surface area contributed by atoms with E-state index >= 15 is 0 Å². The molecule has 3 aromatic carbocycles. The Morgan fingerprint density at radius 2 is 1.44 bits per heavy atom. The van der Waals surface area contributed by atoms with Crippen LogP contribution in [-0.4, -0.2) is 48.1 Å². The summed E-state index contributed by atoms with van der Waals surface area (Å²) in [5, 5.41) is 10.8. The summed E-state index contributed by atoms with van der Waals surface area (Å²) < 4.78 is 1.38. The number of hydrogen-bond donors (Lipinski definition) is 1. The number of pyridine rings is 2. The molecule has 1 aliphatic heterocycles. The van der Waals surface area contributed by atoms with E-state index < -0.39 is 22.2 Å². The maximum Gasteiger partial charge on any atom is 0.292 e. The number of fused-ring (bicyclic) bond motifs is 3. The molecule has 0 saturated heterocycles. The van der Waals surface area contributed by atoms with Gasteiger partial charge in [-0.2, -0.15) is 0 Å². The van der Waals surface area contributed by atoms with Crippen molar-refractivity contribution in [3.63, 3.8) is 0 Å². The molecule has 0 saturated carbocycles. The Labute approximate surface area is 325 Å². The van der Waals surface area contributed by atoms with E-state index in [0.29, 0.717) is 0 Å². The Bertz CT molecular complexity index is 2170. The van der Waals surface area contributed by atoms with Crippen LogP contribution in [0.5, 0.6) is 0 Å². The maximum atomic E-state index is 12.1. The summed E-state index contributed by atoms with van der Waals surface area (Å²) in [6.45, 7) is 9.75. The first-order chi connectivity index (χ1) is 25.8. The second-order valence-electron chi connectivity index (χ2n) is 10.9.